The number of fused-ring (bicyclic) bond motifs is 1. The Morgan fingerprint density at radius 2 is 1.70 bits per heavy atom. The first-order valence-electron chi connectivity index (χ1n) is 6.97. The van der Waals surface area contributed by atoms with Gasteiger partial charge >= 0.3 is 0 Å². The second-order valence-corrected chi connectivity index (χ2v) is 5.60. The molecule has 2 aromatic carbocycles. The van der Waals surface area contributed by atoms with Crippen molar-refractivity contribution in [3.05, 3.63) is 41.4 Å². The van der Waals surface area contributed by atoms with E-state index in [-0.39, 0.29) is 0 Å². The maximum absolute atomic E-state index is 6.09. The highest BCUT2D eigenvalue weighted by Gasteiger charge is 2.12. The van der Waals surface area contributed by atoms with Gasteiger partial charge in [-0.3, -0.25) is 0 Å². The van der Waals surface area contributed by atoms with Gasteiger partial charge in [0.15, 0.2) is 16.6 Å². The average molecular weight is 351 g/mol. The van der Waals surface area contributed by atoms with E-state index in [2.05, 4.69) is 10.6 Å². The van der Waals surface area contributed by atoms with Crippen molar-refractivity contribution in [2.75, 3.05) is 31.0 Å². The standard InChI is InChI=1S/C16H15ClN2O3S/c1-20-13-4-2-10(8-12(13)17)18-16(23)19-11-3-5-14-15(9-11)22-7-6-21-14/h2-5,8-9H,6-7H2,1H3,(H2,18,19,23). The second-order valence-electron chi connectivity index (χ2n) is 4.79. The molecule has 2 aromatic rings. The maximum atomic E-state index is 6.09. The number of benzene rings is 2. The van der Waals surface area contributed by atoms with Crippen LogP contribution in [0.5, 0.6) is 17.2 Å². The molecule has 0 fully saturated rings. The van der Waals surface area contributed by atoms with Crippen LogP contribution in [0.25, 0.3) is 0 Å². The Kier molecular flexibility index (Phi) is 4.73. The second kappa shape index (κ2) is 6.93. The maximum Gasteiger partial charge on any atom is 0.175 e. The molecule has 0 unspecified atom stereocenters. The van der Waals surface area contributed by atoms with Crippen molar-refractivity contribution in [1.82, 2.24) is 0 Å². The summed E-state index contributed by atoms with van der Waals surface area (Å²) in [7, 11) is 1.57. The normalized spacial score (nSPS) is 12.4. The molecule has 0 bridgehead atoms. The monoisotopic (exact) mass is 350 g/mol. The fourth-order valence-electron chi connectivity index (χ4n) is 2.16. The van der Waals surface area contributed by atoms with Crippen molar-refractivity contribution in [2.24, 2.45) is 0 Å². The Labute approximate surface area is 144 Å². The van der Waals surface area contributed by atoms with Crippen molar-refractivity contribution in [2.45, 2.75) is 0 Å². The Morgan fingerprint density at radius 1 is 1.04 bits per heavy atom. The number of halogens is 1. The lowest BCUT2D eigenvalue weighted by Crippen LogP contribution is -2.20. The molecule has 0 amide bonds. The highest BCUT2D eigenvalue weighted by Crippen LogP contribution is 2.32. The summed E-state index contributed by atoms with van der Waals surface area (Å²) in [6, 6.07) is 10.9. The van der Waals surface area contributed by atoms with Gasteiger partial charge < -0.3 is 24.8 Å². The minimum absolute atomic E-state index is 0.447. The van der Waals surface area contributed by atoms with Gasteiger partial charge in [-0.15, -0.1) is 0 Å². The van der Waals surface area contributed by atoms with E-state index in [0.717, 1.165) is 17.1 Å². The zero-order chi connectivity index (χ0) is 16.2. The van der Waals surface area contributed by atoms with E-state index < -0.39 is 0 Å². The minimum Gasteiger partial charge on any atom is -0.495 e. The van der Waals surface area contributed by atoms with Crippen molar-refractivity contribution in [3.8, 4) is 17.2 Å². The van der Waals surface area contributed by atoms with E-state index in [1.165, 1.54) is 0 Å². The molecule has 3 rings (SSSR count). The van der Waals surface area contributed by atoms with Crippen LogP contribution in [0.2, 0.25) is 5.02 Å². The van der Waals surface area contributed by atoms with Gasteiger partial charge in [0.05, 0.1) is 12.1 Å². The van der Waals surface area contributed by atoms with Crippen LogP contribution in [-0.4, -0.2) is 25.4 Å². The number of rotatable bonds is 3. The van der Waals surface area contributed by atoms with Crippen LogP contribution in [-0.2, 0) is 0 Å². The topological polar surface area (TPSA) is 51.8 Å². The van der Waals surface area contributed by atoms with Gasteiger partial charge in [-0.25, -0.2) is 0 Å². The Balaban J connectivity index is 1.66. The van der Waals surface area contributed by atoms with E-state index in [0.29, 0.717) is 34.8 Å². The summed E-state index contributed by atoms with van der Waals surface area (Å²) >= 11 is 11.4. The fraction of sp³-hybridized carbons (Fsp3) is 0.188. The fourth-order valence-corrected chi connectivity index (χ4v) is 2.65. The molecule has 2 N–H and O–H groups in total. The molecule has 0 spiro atoms. The Bertz CT molecular complexity index is 739. The predicted octanol–water partition coefficient (Wildman–Crippen LogP) is 3.93. The van der Waals surface area contributed by atoms with Gasteiger partial charge in [0.2, 0.25) is 0 Å². The summed E-state index contributed by atoms with van der Waals surface area (Å²) in [6.07, 6.45) is 0. The van der Waals surface area contributed by atoms with Gasteiger partial charge in [0.1, 0.15) is 19.0 Å². The molecule has 1 heterocycles. The number of thiocarbonyl (C=S) groups is 1. The number of hydrogen-bond acceptors (Lipinski definition) is 4. The largest absolute Gasteiger partial charge is 0.495 e. The van der Waals surface area contributed by atoms with Crippen LogP contribution in [0.3, 0.4) is 0 Å². The molecule has 1 aliphatic rings. The first kappa shape index (κ1) is 15.7. The van der Waals surface area contributed by atoms with Crippen LogP contribution in [0.4, 0.5) is 11.4 Å². The van der Waals surface area contributed by atoms with Gasteiger partial charge in [-0.2, -0.15) is 0 Å². The third-order valence-corrected chi connectivity index (χ3v) is 3.71. The molecular weight excluding hydrogens is 336 g/mol. The number of hydrogen-bond donors (Lipinski definition) is 2. The lowest BCUT2D eigenvalue weighted by molar-refractivity contribution is 0.171. The first-order valence-corrected chi connectivity index (χ1v) is 7.75. The highest BCUT2D eigenvalue weighted by molar-refractivity contribution is 7.80. The van der Waals surface area contributed by atoms with Crippen LogP contribution in [0, 0.1) is 0 Å². The third kappa shape index (κ3) is 3.78. The molecule has 0 radical (unpaired) electrons. The van der Waals surface area contributed by atoms with Crippen LogP contribution in [0.15, 0.2) is 36.4 Å². The van der Waals surface area contributed by atoms with Crippen LogP contribution in [0.1, 0.15) is 0 Å². The summed E-state index contributed by atoms with van der Waals surface area (Å²) in [4.78, 5) is 0. The SMILES string of the molecule is COc1ccc(NC(=S)Nc2ccc3c(c2)OCCO3)cc1Cl. The lowest BCUT2D eigenvalue weighted by Gasteiger charge is -2.19. The summed E-state index contributed by atoms with van der Waals surface area (Å²) in [6.45, 7) is 1.11. The molecule has 7 heteroatoms. The zero-order valence-electron chi connectivity index (χ0n) is 12.4. The van der Waals surface area contributed by atoms with Crippen molar-refractivity contribution in [3.63, 3.8) is 0 Å². The van der Waals surface area contributed by atoms with Crippen LogP contribution < -0.4 is 24.8 Å². The predicted molar refractivity (Wildman–Crippen MR) is 95.3 cm³/mol. The van der Waals surface area contributed by atoms with Crippen molar-refractivity contribution >= 4 is 40.3 Å². The van der Waals surface area contributed by atoms with Crippen molar-refractivity contribution < 1.29 is 14.2 Å². The third-order valence-electron chi connectivity index (χ3n) is 3.21. The van der Waals surface area contributed by atoms with E-state index >= 15 is 0 Å². The molecule has 5 nitrogen and oxygen atoms in total. The van der Waals surface area contributed by atoms with Gasteiger partial charge in [0.25, 0.3) is 0 Å². The number of anilines is 2. The lowest BCUT2D eigenvalue weighted by atomic mass is 10.2. The van der Waals surface area contributed by atoms with E-state index in [1.807, 2.05) is 24.3 Å². The molecule has 1 aliphatic heterocycles. The molecule has 0 aromatic heterocycles. The number of ether oxygens (including phenoxy) is 3. The quantitative estimate of drug-likeness (QED) is 0.818. The van der Waals surface area contributed by atoms with Crippen LogP contribution >= 0.6 is 23.8 Å². The van der Waals surface area contributed by atoms with E-state index in [9.17, 15) is 0 Å². The molecule has 0 saturated carbocycles. The Hall–Kier alpha value is -2.18. The van der Waals surface area contributed by atoms with Crippen molar-refractivity contribution in [1.29, 1.82) is 0 Å². The summed E-state index contributed by atoms with van der Waals surface area (Å²) < 4.78 is 16.2. The first-order chi connectivity index (χ1) is 11.2. The smallest absolute Gasteiger partial charge is 0.175 e. The Morgan fingerprint density at radius 3 is 2.39 bits per heavy atom. The molecule has 0 aliphatic carbocycles. The summed E-state index contributed by atoms with van der Waals surface area (Å²) in [5, 5.41) is 7.13. The molecular formula is C16H15ClN2O3S. The number of nitrogens with one attached hydrogen (secondary N) is 2. The highest BCUT2D eigenvalue weighted by atomic mass is 35.5. The van der Waals surface area contributed by atoms with Gasteiger partial charge in [-0.05, 0) is 42.5 Å². The number of methoxy groups -OCH3 is 1. The molecule has 120 valence electrons. The van der Waals surface area contributed by atoms with Gasteiger partial charge in [-0.1, -0.05) is 11.6 Å². The zero-order valence-corrected chi connectivity index (χ0v) is 14.0. The van der Waals surface area contributed by atoms with E-state index in [1.54, 1.807) is 19.2 Å². The summed E-state index contributed by atoms with van der Waals surface area (Å²) in [5.41, 5.74) is 1.58. The minimum atomic E-state index is 0.447. The summed E-state index contributed by atoms with van der Waals surface area (Å²) in [5.74, 6) is 2.06. The van der Waals surface area contributed by atoms with Gasteiger partial charge in [0, 0.05) is 17.4 Å². The average Bonchev–Trinajstić information content (AvgIpc) is 2.55. The molecule has 23 heavy (non-hydrogen) atoms. The molecule has 0 atom stereocenters. The van der Waals surface area contributed by atoms with E-state index in [4.69, 9.17) is 38.0 Å². The molecule has 0 saturated heterocycles.